The predicted octanol–water partition coefficient (Wildman–Crippen LogP) is 2.10. The fraction of sp³-hybridized carbons (Fsp3) is 0.333. The second kappa shape index (κ2) is 3.79. The number of thiazole rings is 1. The zero-order chi connectivity index (χ0) is 9.97. The molecule has 0 unspecified atom stereocenters. The van der Waals surface area contributed by atoms with Crippen LogP contribution in [0.1, 0.15) is 16.4 Å². The van der Waals surface area contributed by atoms with Crippen LogP contribution in [0, 0.1) is 13.8 Å². The second-order valence-corrected chi connectivity index (χ2v) is 4.25. The number of rotatable bonds is 3. The summed E-state index contributed by atoms with van der Waals surface area (Å²) in [5.41, 5.74) is 1.09. The first kappa shape index (κ1) is 9.21. The molecule has 5 heteroatoms. The summed E-state index contributed by atoms with van der Waals surface area (Å²) in [6.45, 7) is 4.79. The topological polar surface area (TPSA) is 53.6 Å². The van der Waals surface area contributed by atoms with Crippen molar-refractivity contribution in [3.8, 4) is 0 Å². The lowest BCUT2D eigenvalue weighted by atomic mass is 10.4. The monoisotopic (exact) mass is 208 g/mol. The van der Waals surface area contributed by atoms with Gasteiger partial charge in [0.2, 0.25) is 0 Å². The number of hydrogen-bond donors (Lipinski definition) is 2. The van der Waals surface area contributed by atoms with Crippen molar-refractivity contribution in [3.63, 3.8) is 0 Å². The van der Waals surface area contributed by atoms with Crippen LogP contribution in [0.2, 0.25) is 0 Å². The summed E-state index contributed by atoms with van der Waals surface area (Å²) in [7, 11) is 0. The van der Waals surface area contributed by atoms with Crippen LogP contribution in [0.5, 0.6) is 0 Å². The Bertz CT molecular complexity index is 385. The van der Waals surface area contributed by atoms with E-state index in [0.717, 1.165) is 16.6 Å². The maximum atomic E-state index is 4.38. The van der Waals surface area contributed by atoms with Crippen LogP contribution in [-0.4, -0.2) is 15.0 Å². The molecule has 0 aliphatic heterocycles. The predicted molar refractivity (Wildman–Crippen MR) is 57.5 cm³/mol. The largest absolute Gasteiger partial charge is 0.354 e. The van der Waals surface area contributed by atoms with E-state index in [9.17, 15) is 0 Å². The number of H-pyrrole nitrogens is 1. The molecule has 74 valence electrons. The first-order valence-electron chi connectivity index (χ1n) is 4.42. The van der Waals surface area contributed by atoms with Crippen molar-refractivity contribution >= 4 is 16.5 Å². The van der Waals surface area contributed by atoms with E-state index in [2.05, 4.69) is 27.2 Å². The molecule has 0 saturated carbocycles. The molecule has 0 aliphatic rings. The molecule has 0 aliphatic carbocycles. The van der Waals surface area contributed by atoms with Crippen LogP contribution in [0.15, 0.2) is 12.4 Å². The van der Waals surface area contributed by atoms with Crippen molar-refractivity contribution in [2.75, 3.05) is 5.32 Å². The van der Waals surface area contributed by atoms with Crippen molar-refractivity contribution in [2.45, 2.75) is 20.4 Å². The molecule has 0 atom stereocenters. The van der Waals surface area contributed by atoms with Gasteiger partial charge in [-0.1, -0.05) is 0 Å². The first-order valence-corrected chi connectivity index (χ1v) is 5.23. The number of imidazole rings is 1. The number of nitrogens with one attached hydrogen (secondary N) is 2. The van der Waals surface area contributed by atoms with Crippen LogP contribution >= 0.6 is 11.3 Å². The first-order chi connectivity index (χ1) is 6.75. The Labute approximate surface area is 86.4 Å². The molecule has 0 aromatic carbocycles. The molecular formula is C9H12N4S. The quantitative estimate of drug-likeness (QED) is 0.812. The number of aromatic nitrogens is 3. The van der Waals surface area contributed by atoms with Crippen LogP contribution < -0.4 is 5.32 Å². The molecule has 2 aromatic rings. The lowest BCUT2D eigenvalue weighted by Gasteiger charge is -1.97. The minimum absolute atomic E-state index is 0.694. The Morgan fingerprint density at radius 1 is 1.50 bits per heavy atom. The van der Waals surface area contributed by atoms with Gasteiger partial charge in [-0.05, 0) is 13.8 Å². The normalized spacial score (nSPS) is 10.4. The Kier molecular flexibility index (Phi) is 2.49. The molecule has 0 radical (unpaired) electrons. The Balaban J connectivity index is 1.98. The molecular weight excluding hydrogens is 196 g/mol. The third kappa shape index (κ3) is 1.93. The number of hydrogen-bond acceptors (Lipinski definition) is 4. The molecule has 2 N–H and O–H groups in total. The van der Waals surface area contributed by atoms with E-state index < -0.39 is 0 Å². The van der Waals surface area contributed by atoms with Crippen LogP contribution in [0.25, 0.3) is 0 Å². The zero-order valence-electron chi connectivity index (χ0n) is 8.16. The number of nitrogens with zero attached hydrogens (tertiary/aromatic N) is 2. The molecule has 0 saturated heterocycles. The highest BCUT2D eigenvalue weighted by Gasteiger charge is 2.02. The van der Waals surface area contributed by atoms with E-state index in [4.69, 9.17) is 0 Å². The van der Waals surface area contributed by atoms with Gasteiger partial charge >= 0.3 is 0 Å². The Morgan fingerprint density at radius 2 is 2.36 bits per heavy atom. The van der Waals surface area contributed by atoms with Gasteiger partial charge in [-0.3, -0.25) is 0 Å². The van der Waals surface area contributed by atoms with Gasteiger partial charge in [-0.15, -0.1) is 11.3 Å². The highest BCUT2D eigenvalue weighted by molar-refractivity contribution is 7.15. The third-order valence-corrected chi connectivity index (χ3v) is 3.02. The van der Waals surface area contributed by atoms with Crippen molar-refractivity contribution in [1.29, 1.82) is 0 Å². The van der Waals surface area contributed by atoms with Crippen molar-refractivity contribution in [1.82, 2.24) is 15.0 Å². The number of anilines is 1. The molecule has 14 heavy (non-hydrogen) atoms. The summed E-state index contributed by atoms with van der Waals surface area (Å²) in [5, 5.41) is 4.18. The maximum absolute atomic E-state index is 4.38. The smallest absolute Gasteiger partial charge is 0.183 e. The summed E-state index contributed by atoms with van der Waals surface area (Å²) in [6.07, 6.45) is 3.56. The summed E-state index contributed by atoms with van der Waals surface area (Å²) in [5.74, 6) is 0.926. The van der Waals surface area contributed by atoms with E-state index in [0.29, 0.717) is 6.54 Å². The molecule has 0 amide bonds. The summed E-state index contributed by atoms with van der Waals surface area (Å²) < 4.78 is 0. The summed E-state index contributed by atoms with van der Waals surface area (Å²) >= 11 is 1.67. The highest BCUT2D eigenvalue weighted by Crippen LogP contribution is 2.21. The van der Waals surface area contributed by atoms with Crippen LogP contribution in [0.4, 0.5) is 5.13 Å². The van der Waals surface area contributed by atoms with Crippen LogP contribution in [-0.2, 0) is 6.54 Å². The average molecular weight is 208 g/mol. The van der Waals surface area contributed by atoms with E-state index >= 15 is 0 Å². The van der Waals surface area contributed by atoms with Crippen molar-refractivity contribution < 1.29 is 0 Å². The van der Waals surface area contributed by atoms with E-state index in [1.165, 1.54) is 4.88 Å². The molecule has 0 spiro atoms. The molecule has 4 nitrogen and oxygen atoms in total. The number of aryl methyl sites for hydroxylation is 2. The minimum atomic E-state index is 0.694. The van der Waals surface area contributed by atoms with Gasteiger partial charge in [0, 0.05) is 17.3 Å². The van der Waals surface area contributed by atoms with E-state index in [1.54, 1.807) is 17.5 Å². The molecule has 0 fully saturated rings. The maximum Gasteiger partial charge on any atom is 0.183 e. The average Bonchev–Trinajstić information content (AvgIpc) is 2.74. The van der Waals surface area contributed by atoms with Crippen molar-refractivity contribution in [3.05, 3.63) is 28.8 Å². The standard InChI is InChI=1S/C9H12N4S/c1-6-7(2)14-9(13-6)12-5-8-10-3-4-11-8/h3-4H,5H2,1-2H3,(H,10,11)(H,12,13). The van der Waals surface area contributed by atoms with Crippen LogP contribution in [0.3, 0.4) is 0 Å². The Hall–Kier alpha value is -1.36. The minimum Gasteiger partial charge on any atom is -0.354 e. The number of aromatic amines is 1. The molecule has 2 heterocycles. The fourth-order valence-electron chi connectivity index (χ4n) is 1.10. The van der Waals surface area contributed by atoms with Gasteiger partial charge in [0.1, 0.15) is 5.82 Å². The van der Waals surface area contributed by atoms with Gasteiger partial charge in [-0.2, -0.15) is 0 Å². The van der Waals surface area contributed by atoms with Gasteiger partial charge in [0.05, 0.1) is 12.2 Å². The summed E-state index contributed by atoms with van der Waals surface area (Å²) in [6, 6.07) is 0. The second-order valence-electron chi connectivity index (χ2n) is 3.05. The zero-order valence-corrected chi connectivity index (χ0v) is 8.98. The van der Waals surface area contributed by atoms with Gasteiger partial charge < -0.3 is 10.3 Å². The van der Waals surface area contributed by atoms with Gasteiger partial charge in [0.25, 0.3) is 0 Å². The molecule has 2 aromatic heterocycles. The lowest BCUT2D eigenvalue weighted by Crippen LogP contribution is -2.00. The third-order valence-electron chi connectivity index (χ3n) is 1.99. The van der Waals surface area contributed by atoms with E-state index in [1.807, 2.05) is 13.1 Å². The fourth-order valence-corrected chi connectivity index (χ4v) is 1.91. The molecule has 0 bridgehead atoms. The van der Waals surface area contributed by atoms with Crippen molar-refractivity contribution in [2.24, 2.45) is 0 Å². The SMILES string of the molecule is Cc1nc(NCc2ncc[nH]2)sc1C. The Morgan fingerprint density at radius 3 is 2.93 bits per heavy atom. The summed E-state index contributed by atoms with van der Waals surface area (Å²) in [4.78, 5) is 12.8. The molecule has 2 rings (SSSR count). The lowest BCUT2D eigenvalue weighted by molar-refractivity contribution is 0.993. The van der Waals surface area contributed by atoms with Gasteiger partial charge in [-0.25, -0.2) is 9.97 Å². The van der Waals surface area contributed by atoms with Gasteiger partial charge in [0.15, 0.2) is 5.13 Å². The highest BCUT2D eigenvalue weighted by atomic mass is 32.1. The van der Waals surface area contributed by atoms with E-state index in [-0.39, 0.29) is 0 Å².